The Kier molecular flexibility index (Phi) is 7.06. The molecule has 1 atom stereocenters. The fourth-order valence-corrected chi connectivity index (χ4v) is 2.73. The fraction of sp³-hybridized carbons (Fsp3) is 0.348. The summed E-state index contributed by atoms with van der Waals surface area (Å²) in [6.07, 6.45) is 1.28. The maximum absolute atomic E-state index is 12.6. The summed E-state index contributed by atoms with van der Waals surface area (Å²) < 4.78 is 22.2. The first kappa shape index (κ1) is 21.4. The van der Waals surface area contributed by atoms with Crippen molar-refractivity contribution < 1.29 is 23.4 Å². The maximum Gasteiger partial charge on any atom is 0.339 e. The first-order chi connectivity index (χ1) is 14.5. The maximum atomic E-state index is 12.6. The second kappa shape index (κ2) is 9.91. The van der Waals surface area contributed by atoms with E-state index in [1.807, 2.05) is 31.2 Å². The van der Waals surface area contributed by atoms with Crippen LogP contribution in [0.2, 0.25) is 0 Å². The molecular weight excluding hydrogens is 384 g/mol. The van der Waals surface area contributed by atoms with Crippen LogP contribution in [-0.4, -0.2) is 29.9 Å². The van der Waals surface area contributed by atoms with Gasteiger partial charge in [-0.1, -0.05) is 31.0 Å². The minimum absolute atomic E-state index is 0.227. The molecule has 0 saturated heterocycles. The Morgan fingerprint density at radius 1 is 1.10 bits per heavy atom. The molecule has 7 heteroatoms. The highest BCUT2D eigenvalue weighted by molar-refractivity contribution is 5.90. The first-order valence-corrected chi connectivity index (χ1v) is 9.94. The van der Waals surface area contributed by atoms with Crippen molar-refractivity contribution in [1.82, 2.24) is 10.2 Å². The third kappa shape index (κ3) is 5.17. The molecule has 3 aromatic rings. The molecule has 0 N–H and O–H groups in total. The minimum atomic E-state index is -0.698. The summed E-state index contributed by atoms with van der Waals surface area (Å²) >= 11 is 0. The second-order valence-electron chi connectivity index (χ2n) is 6.93. The van der Waals surface area contributed by atoms with Gasteiger partial charge in [0.2, 0.25) is 5.89 Å². The highest BCUT2D eigenvalue weighted by Crippen LogP contribution is 2.29. The summed E-state index contributed by atoms with van der Waals surface area (Å²) in [5.41, 5.74) is 2.29. The Balaban J connectivity index is 1.67. The summed E-state index contributed by atoms with van der Waals surface area (Å²) in [6, 6.07) is 12.7. The van der Waals surface area contributed by atoms with Gasteiger partial charge in [0.1, 0.15) is 0 Å². The summed E-state index contributed by atoms with van der Waals surface area (Å²) in [6.45, 7) is 6.37. The van der Waals surface area contributed by atoms with Gasteiger partial charge < -0.3 is 18.6 Å². The molecule has 0 fully saturated rings. The fourth-order valence-electron chi connectivity index (χ4n) is 2.73. The SMILES string of the molecule is CCCCOc1ccc(C(=O)OC(C)c2nnc(-c3ccc(C)cc3)o2)cc1OC. The number of nitrogens with zero attached hydrogens (tertiary/aromatic N) is 2. The number of aromatic nitrogens is 2. The zero-order valence-electron chi connectivity index (χ0n) is 17.7. The molecule has 1 heterocycles. The number of ether oxygens (including phenoxy) is 3. The zero-order chi connectivity index (χ0) is 21.5. The van der Waals surface area contributed by atoms with Crippen LogP contribution < -0.4 is 9.47 Å². The average Bonchev–Trinajstić information content (AvgIpc) is 3.25. The average molecular weight is 410 g/mol. The summed E-state index contributed by atoms with van der Waals surface area (Å²) in [4.78, 5) is 12.6. The van der Waals surface area contributed by atoms with E-state index < -0.39 is 12.1 Å². The largest absolute Gasteiger partial charge is 0.493 e. The van der Waals surface area contributed by atoms with Gasteiger partial charge in [-0.3, -0.25) is 0 Å². The van der Waals surface area contributed by atoms with Crippen LogP contribution in [0.3, 0.4) is 0 Å². The lowest BCUT2D eigenvalue weighted by molar-refractivity contribution is 0.0279. The number of rotatable bonds is 9. The van der Waals surface area contributed by atoms with Crippen molar-refractivity contribution in [2.75, 3.05) is 13.7 Å². The first-order valence-electron chi connectivity index (χ1n) is 9.94. The summed E-state index contributed by atoms with van der Waals surface area (Å²) in [5, 5.41) is 8.06. The predicted octanol–water partition coefficient (Wildman–Crippen LogP) is 5.15. The van der Waals surface area contributed by atoms with Gasteiger partial charge in [0.15, 0.2) is 17.6 Å². The zero-order valence-corrected chi connectivity index (χ0v) is 17.7. The van der Waals surface area contributed by atoms with Gasteiger partial charge in [-0.2, -0.15) is 0 Å². The van der Waals surface area contributed by atoms with E-state index in [0.29, 0.717) is 29.6 Å². The van der Waals surface area contributed by atoms with Crippen molar-refractivity contribution in [3.05, 3.63) is 59.5 Å². The van der Waals surface area contributed by atoms with Crippen LogP contribution in [-0.2, 0) is 4.74 Å². The molecule has 0 radical (unpaired) electrons. The molecule has 0 aliphatic rings. The lowest BCUT2D eigenvalue weighted by Gasteiger charge is -2.13. The molecule has 0 bridgehead atoms. The van der Waals surface area contributed by atoms with Crippen LogP contribution in [0, 0.1) is 6.92 Å². The van der Waals surface area contributed by atoms with E-state index in [1.165, 1.54) is 7.11 Å². The van der Waals surface area contributed by atoms with Crippen molar-refractivity contribution in [3.63, 3.8) is 0 Å². The van der Waals surface area contributed by atoms with E-state index in [9.17, 15) is 4.79 Å². The summed E-state index contributed by atoms with van der Waals surface area (Å²) in [7, 11) is 1.53. The molecule has 0 aliphatic heterocycles. The van der Waals surface area contributed by atoms with Crippen LogP contribution in [0.1, 0.15) is 54.6 Å². The smallest absolute Gasteiger partial charge is 0.339 e. The van der Waals surface area contributed by atoms with Crippen LogP contribution in [0.5, 0.6) is 11.5 Å². The standard InChI is InChI=1S/C23H26N2O5/c1-5-6-13-28-19-12-11-18(14-20(19)27-4)23(26)29-16(3)21-24-25-22(30-21)17-9-7-15(2)8-10-17/h7-12,14,16H,5-6,13H2,1-4H3. The van der Waals surface area contributed by atoms with Gasteiger partial charge in [0.05, 0.1) is 19.3 Å². The van der Waals surface area contributed by atoms with E-state index in [1.54, 1.807) is 25.1 Å². The van der Waals surface area contributed by atoms with E-state index in [4.69, 9.17) is 18.6 Å². The Morgan fingerprint density at radius 3 is 2.57 bits per heavy atom. The van der Waals surface area contributed by atoms with Crippen molar-refractivity contribution in [1.29, 1.82) is 0 Å². The number of aryl methyl sites for hydroxylation is 1. The minimum Gasteiger partial charge on any atom is -0.493 e. The molecule has 1 unspecified atom stereocenters. The Bertz CT molecular complexity index is 982. The Hall–Kier alpha value is -3.35. The molecule has 2 aromatic carbocycles. The molecule has 0 saturated carbocycles. The van der Waals surface area contributed by atoms with E-state index in [-0.39, 0.29) is 5.89 Å². The number of hydrogen-bond donors (Lipinski definition) is 0. The Morgan fingerprint density at radius 2 is 1.87 bits per heavy atom. The molecule has 30 heavy (non-hydrogen) atoms. The molecule has 0 amide bonds. The molecular formula is C23H26N2O5. The third-order valence-electron chi connectivity index (χ3n) is 4.53. The van der Waals surface area contributed by atoms with Crippen molar-refractivity contribution in [2.24, 2.45) is 0 Å². The predicted molar refractivity (Wildman–Crippen MR) is 112 cm³/mol. The number of benzene rings is 2. The molecule has 0 spiro atoms. The van der Waals surface area contributed by atoms with Crippen LogP contribution >= 0.6 is 0 Å². The normalized spacial score (nSPS) is 11.7. The number of methoxy groups -OCH3 is 1. The van der Waals surface area contributed by atoms with Crippen molar-refractivity contribution >= 4 is 5.97 Å². The van der Waals surface area contributed by atoms with Gasteiger partial charge in [-0.15, -0.1) is 10.2 Å². The number of carbonyl (C=O) groups is 1. The van der Waals surface area contributed by atoms with E-state index in [0.717, 1.165) is 24.0 Å². The van der Waals surface area contributed by atoms with E-state index in [2.05, 4.69) is 17.1 Å². The highest BCUT2D eigenvalue weighted by Gasteiger charge is 2.21. The van der Waals surface area contributed by atoms with Crippen molar-refractivity contribution in [2.45, 2.75) is 39.7 Å². The molecule has 1 aromatic heterocycles. The highest BCUT2D eigenvalue weighted by atomic mass is 16.6. The van der Waals surface area contributed by atoms with Gasteiger partial charge in [-0.05, 0) is 50.6 Å². The Labute approximate surface area is 176 Å². The van der Waals surface area contributed by atoms with Gasteiger partial charge in [-0.25, -0.2) is 4.79 Å². The number of unbranched alkanes of at least 4 members (excludes halogenated alkanes) is 1. The van der Waals surface area contributed by atoms with Gasteiger partial charge in [0.25, 0.3) is 5.89 Å². The lowest BCUT2D eigenvalue weighted by atomic mass is 10.1. The molecule has 158 valence electrons. The molecule has 0 aliphatic carbocycles. The topological polar surface area (TPSA) is 83.7 Å². The van der Waals surface area contributed by atoms with Crippen molar-refractivity contribution in [3.8, 4) is 23.0 Å². The monoisotopic (exact) mass is 410 g/mol. The summed E-state index contributed by atoms with van der Waals surface area (Å²) in [5.74, 6) is 1.16. The van der Waals surface area contributed by atoms with Gasteiger partial charge >= 0.3 is 5.97 Å². The number of carbonyl (C=O) groups excluding carboxylic acids is 1. The van der Waals surface area contributed by atoms with Gasteiger partial charge in [0, 0.05) is 5.56 Å². The van der Waals surface area contributed by atoms with Crippen LogP contribution in [0.15, 0.2) is 46.9 Å². The lowest BCUT2D eigenvalue weighted by Crippen LogP contribution is -2.10. The number of esters is 1. The van der Waals surface area contributed by atoms with Crippen LogP contribution in [0.4, 0.5) is 0 Å². The molecule has 3 rings (SSSR count). The molecule has 7 nitrogen and oxygen atoms in total. The third-order valence-corrected chi connectivity index (χ3v) is 4.53. The second-order valence-corrected chi connectivity index (χ2v) is 6.93. The quantitative estimate of drug-likeness (QED) is 0.356. The number of hydrogen-bond acceptors (Lipinski definition) is 7. The van der Waals surface area contributed by atoms with Crippen LogP contribution in [0.25, 0.3) is 11.5 Å². The van der Waals surface area contributed by atoms with E-state index >= 15 is 0 Å².